The van der Waals surface area contributed by atoms with E-state index in [0.717, 1.165) is 25.6 Å². The van der Waals surface area contributed by atoms with Gasteiger partial charge in [-0.15, -0.1) is 0 Å². The number of hydrogen-bond donors (Lipinski definition) is 1. The molecule has 0 aliphatic carbocycles. The maximum absolute atomic E-state index is 13.2. The van der Waals surface area contributed by atoms with E-state index in [2.05, 4.69) is 45.3 Å². The fraction of sp³-hybridized carbons (Fsp3) is 0.133. The molecule has 1 aromatic heterocycles. The van der Waals surface area contributed by atoms with Crippen molar-refractivity contribution in [1.82, 2.24) is 4.98 Å². The molecule has 0 bridgehead atoms. The summed E-state index contributed by atoms with van der Waals surface area (Å²) in [4.78, 5) is 4.42. The molecule has 102 valence electrons. The van der Waals surface area contributed by atoms with Gasteiger partial charge in [-0.25, -0.2) is 9.37 Å². The molecule has 0 aliphatic heterocycles. The lowest BCUT2D eigenvalue weighted by atomic mass is 10.1. The van der Waals surface area contributed by atoms with Crippen molar-refractivity contribution in [3.05, 3.63) is 51.7 Å². The average Bonchev–Trinajstić information content (AvgIpc) is 2.75. The Morgan fingerprint density at radius 3 is 2.75 bits per heavy atom. The van der Waals surface area contributed by atoms with Crippen LogP contribution in [0.5, 0.6) is 0 Å². The predicted molar refractivity (Wildman–Crippen MR) is 86.5 cm³/mol. The smallest absolute Gasteiger partial charge is 0.188 e. The van der Waals surface area contributed by atoms with Gasteiger partial charge in [0, 0.05) is 10.5 Å². The van der Waals surface area contributed by atoms with Crippen molar-refractivity contribution >= 4 is 48.3 Å². The quantitative estimate of drug-likeness (QED) is 0.654. The van der Waals surface area contributed by atoms with E-state index in [4.69, 9.17) is 0 Å². The van der Waals surface area contributed by atoms with Crippen molar-refractivity contribution in [3.8, 4) is 0 Å². The maximum atomic E-state index is 13.2. The van der Waals surface area contributed by atoms with E-state index in [1.807, 2.05) is 6.92 Å². The van der Waals surface area contributed by atoms with Gasteiger partial charge >= 0.3 is 0 Å². The molecule has 0 saturated heterocycles. The molecule has 2 aromatic carbocycles. The van der Waals surface area contributed by atoms with E-state index in [1.165, 1.54) is 29.0 Å². The first-order valence-corrected chi connectivity index (χ1v) is 7.74. The number of aromatic nitrogens is 1. The van der Waals surface area contributed by atoms with Crippen molar-refractivity contribution in [3.63, 3.8) is 0 Å². The Kier molecular flexibility index (Phi) is 3.48. The first-order chi connectivity index (χ1) is 9.52. The normalized spacial score (nSPS) is 11.0. The molecule has 0 spiro atoms. The van der Waals surface area contributed by atoms with Crippen molar-refractivity contribution in [1.29, 1.82) is 0 Å². The third-order valence-electron chi connectivity index (χ3n) is 3.01. The van der Waals surface area contributed by atoms with E-state index < -0.39 is 0 Å². The number of benzene rings is 2. The van der Waals surface area contributed by atoms with Crippen LogP contribution >= 0.6 is 27.3 Å². The highest BCUT2D eigenvalue weighted by atomic mass is 79.9. The lowest BCUT2D eigenvalue weighted by molar-refractivity contribution is 0.629. The Bertz CT molecular complexity index is 775. The van der Waals surface area contributed by atoms with Gasteiger partial charge in [0.1, 0.15) is 5.82 Å². The molecule has 0 fully saturated rings. The van der Waals surface area contributed by atoms with Crippen molar-refractivity contribution in [2.24, 2.45) is 0 Å². The van der Waals surface area contributed by atoms with Gasteiger partial charge < -0.3 is 5.32 Å². The summed E-state index contributed by atoms with van der Waals surface area (Å²) in [7, 11) is 0. The minimum Gasteiger partial charge on any atom is -0.330 e. The standard InChI is InChI=1S/C15H12BrFN2S/c1-8-5-9(2)14(11(16)6-8)19-15-18-12-7-10(17)3-4-13(12)20-15/h3-7H,1-2H3,(H,18,19). The molecule has 0 saturated carbocycles. The summed E-state index contributed by atoms with van der Waals surface area (Å²) in [5.74, 6) is -0.262. The summed E-state index contributed by atoms with van der Waals surface area (Å²) in [6.07, 6.45) is 0. The lowest BCUT2D eigenvalue weighted by Crippen LogP contribution is -1.94. The Morgan fingerprint density at radius 1 is 1.20 bits per heavy atom. The highest BCUT2D eigenvalue weighted by molar-refractivity contribution is 9.10. The van der Waals surface area contributed by atoms with E-state index in [9.17, 15) is 4.39 Å². The van der Waals surface area contributed by atoms with Gasteiger partial charge in [0.05, 0.1) is 15.9 Å². The first kappa shape index (κ1) is 13.5. The molecule has 0 radical (unpaired) electrons. The summed E-state index contributed by atoms with van der Waals surface area (Å²) in [6.45, 7) is 4.11. The van der Waals surface area contributed by atoms with Crippen LogP contribution in [0.1, 0.15) is 11.1 Å². The third-order valence-corrected chi connectivity index (χ3v) is 4.59. The number of fused-ring (bicyclic) bond motifs is 1. The van der Waals surface area contributed by atoms with Crippen molar-refractivity contribution in [2.75, 3.05) is 5.32 Å². The number of thiazole rings is 1. The van der Waals surface area contributed by atoms with Gasteiger partial charge in [-0.2, -0.15) is 0 Å². The van der Waals surface area contributed by atoms with Crippen LogP contribution in [0.15, 0.2) is 34.8 Å². The molecule has 0 amide bonds. The predicted octanol–water partition coefficient (Wildman–Crippen LogP) is 5.56. The number of anilines is 2. The fourth-order valence-corrected chi connectivity index (χ4v) is 3.76. The largest absolute Gasteiger partial charge is 0.330 e. The van der Waals surface area contributed by atoms with E-state index >= 15 is 0 Å². The second kappa shape index (κ2) is 5.14. The highest BCUT2D eigenvalue weighted by Gasteiger charge is 2.09. The van der Waals surface area contributed by atoms with E-state index in [-0.39, 0.29) is 5.82 Å². The Balaban J connectivity index is 2.01. The first-order valence-electron chi connectivity index (χ1n) is 6.13. The van der Waals surface area contributed by atoms with Gasteiger partial charge in [-0.3, -0.25) is 0 Å². The monoisotopic (exact) mass is 350 g/mol. The van der Waals surface area contributed by atoms with Crippen LogP contribution in [0.3, 0.4) is 0 Å². The van der Waals surface area contributed by atoms with Gasteiger partial charge in [-0.05, 0) is 59.1 Å². The second-order valence-corrected chi connectivity index (χ2v) is 6.58. The third kappa shape index (κ3) is 2.55. The van der Waals surface area contributed by atoms with Gasteiger partial charge in [-0.1, -0.05) is 17.4 Å². The number of hydrogen-bond acceptors (Lipinski definition) is 3. The lowest BCUT2D eigenvalue weighted by Gasteiger charge is -2.10. The second-order valence-electron chi connectivity index (χ2n) is 4.69. The molecule has 3 rings (SSSR count). The summed E-state index contributed by atoms with van der Waals surface area (Å²) in [6, 6.07) is 8.83. The highest BCUT2D eigenvalue weighted by Crippen LogP contribution is 2.34. The van der Waals surface area contributed by atoms with Gasteiger partial charge in [0.15, 0.2) is 5.13 Å². The molecular weight excluding hydrogens is 339 g/mol. The summed E-state index contributed by atoms with van der Waals surface area (Å²) in [5, 5.41) is 4.08. The molecule has 5 heteroatoms. The average molecular weight is 351 g/mol. The molecule has 3 aromatic rings. The zero-order valence-electron chi connectivity index (χ0n) is 11.0. The van der Waals surface area contributed by atoms with E-state index in [1.54, 1.807) is 6.07 Å². The molecule has 0 atom stereocenters. The molecule has 0 aliphatic rings. The van der Waals surface area contributed by atoms with Crippen LogP contribution in [0.4, 0.5) is 15.2 Å². The van der Waals surface area contributed by atoms with E-state index in [0.29, 0.717) is 5.52 Å². The van der Waals surface area contributed by atoms with Crippen LogP contribution in [0.25, 0.3) is 10.2 Å². The molecule has 20 heavy (non-hydrogen) atoms. The van der Waals surface area contributed by atoms with Crippen LogP contribution in [0, 0.1) is 19.7 Å². The number of halogens is 2. The molecular formula is C15H12BrFN2S. The van der Waals surface area contributed by atoms with Crippen LogP contribution in [-0.4, -0.2) is 4.98 Å². The Labute approximate surface area is 128 Å². The zero-order chi connectivity index (χ0) is 14.3. The number of nitrogens with zero attached hydrogens (tertiary/aromatic N) is 1. The molecule has 0 unspecified atom stereocenters. The molecule has 1 N–H and O–H groups in total. The zero-order valence-corrected chi connectivity index (χ0v) is 13.4. The van der Waals surface area contributed by atoms with Crippen LogP contribution < -0.4 is 5.32 Å². The van der Waals surface area contributed by atoms with Crippen LogP contribution in [-0.2, 0) is 0 Å². The minimum absolute atomic E-state index is 0.262. The summed E-state index contributed by atoms with van der Waals surface area (Å²) < 4.78 is 15.1. The molecule has 1 heterocycles. The SMILES string of the molecule is Cc1cc(C)c(Nc2nc3cc(F)ccc3s2)c(Br)c1. The topological polar surface area (TPSA) is 24.9 Å². The van der Waals surface area contributed by atoms with Crippen molar-refractivity contribution in [2.45, 2.75) is 13.8 Å². The number of rotatable bonds is 2. The van der Waals surface area contributed by atoms with Crippen molar-refractivity contribution < 1.29 is 4.39 Å². The fourth-order valence-electron chi connectivity index (χ4n) is 2.14. The molecule has 2 nitrogen and oxygen atoms in total. The maximum Gasteiger partial charge on any atom is 0.188 e. The van der Waals surface area contributed by atoms with Gasteiger partial charge in [0.2, 0.25) is 0 Å². The minimum atomic E-state index is -0.262. The Hall–Kier alpha value is -1.46. The summed E-state index contributed by atoms with van der Waals surface area (Å²) in [5.41, 5.74) is 4.02. The Morgan fingerprint density at radius 2 is 2.00 bits per heavy atom. The summed E-state index contributed by atoms with van der Waals surface area (Å²) >= 11 is 5.08. The van der Waals surface area contributed by atoms with Gasteiger partial charge in [0.25, 0.3) is 0 Å². The number of nitrogens with one attached hydrogen (secondary N) is 1. The van der Waals surface area contributed by atoms with Crippen LogP contribution in [0.2, 0.25) is 0 Å². The number of aryl methyl sites for hydroxylation is 2.